The zero-order valence-electron chi connectivity index (χ0n) is 20.7. The van der Waals surface area contributed by atoms with Gasteiger partial charge in [-0.15, -0.1) is 0 Å². The fourth-order valence-electron chi connectivity index (χ4n) is 6.90. The number of anilines is 1. The summed E-state index contributed by atoms with van der Waals surface area (Å²) in [5.41, 5.74) is -0.244. The largest absolute Gasteiger partial charge is 0.493 e. The van der Waals surface area contributed by atoms with E-state index in [-0.39, 0.29) is 24.8 Å². The molecule has 8 nitrogen and oxygen atoms in total. The van der Waals surface area contributed by atoms with Crippen LogP contribution in [0.25, 0.3) is 21.7 Å². The lowest BCUT2D eigenvalue weighted by Gasteiger charge is -2.33. The molecule has 7 rings (SSSR count). The number of ether oxygens (including phenoxy) is 2. The quantitative estimate of drug-likeness (QED) is 0.394. The normalized spacial score (nSPS) is 29.8. The van der Waals surface area contributed by atoms with Crippen molar-refractivity contribution in [2.24, 2.45) is 11.8 Å². The Kier molecular flexibility index (Phi) is 4.78. The number of aromatic amines is 1. The highest BCUT2D eigenvalue weighted by Gasteiger charge is 2.77. The van der Waals surface area contributed by atoms with E-state index in [1.807, 2.05) is 54.7 Å². The monoisotopic (exact) mass is 507 g/mol. The van der Waals surface area contributed by atoms with Crippen molar-refractivity contribution >= 4 is 39.2 Å². The molecule has 3 fully saturated rings. The molecule has 3 aliphatic rings. The van der Waals surface area contributed by atoms with Crippen LogP contribution in [0.5, 0.6) is 5.75 Å². The molecule has 3 aromatic carbocycles. The Morgan fingerprint density at radius 2 is 1.89 bits per heavy atom. The number of fused-ring (bicyclic) bond motifs is 7. The lowest BCUT2D eigenvalue weighted by molar-refractivity contribution is -0.134. The fourth-order valence-corrected chi connectivity index (χ4v) is 6.90. The summed E-state index contributed by atoms with van der Waals surface area (Å²) in [5.74, 6) is -1.54. The van der Waals surface area contributed by atoms with Crippen LogP contribution < -0.4 is 9.64 Å². The molecule has 0 radical (unpaired) electrons. The summed E-state index contributed by atoms with van der Waals surface area (Å²) >= 11 is 0. The van der Waals surface area contributed by atoms with Crippen LogP contribution in [-0.4, -0.2) is 45.8 Å². The van der Waals surface area contributed by atoms with Crippen LogP contribution in [0, 0.1) is 23.2 Å². The van der Waals surface area contributed by atoms with E-state index >= 15 is 0 Å². The Labute approximate surface area is 218 Å². The van der Waals surface area contributed by atoms with Gasteiger partial charge in [0.2, 0.25) is 11.8 Å². The zero-order chi connectivity index (χ0) is 26.2. The molecule has 1 aromatic heterocycles. The number of nitriles is 1. The van der Waals surface area contributed by atoms with E-state index in [1.54, 1.807) is 19.1 Å². The number of carbonyl (C=O) groups excluding carboxylic acids is 2. The number of hydrogen-bond donors (Lipinski definition) is 2. The third-order valence-corrected chi connectivity index (χ3v) is 8.70. The lowest BCUT2D eigenvalue weighted by atomic mass is 9.66. The topological polar surface area (TPSA) is 116 Å². The van der Waals surface area contributed by atoms with Crippen molar-refractivity contribution in [2.45, 2.75) is 37.1 Å². The maximum absolute atomic E-state index is 14.0. The fraction of sp³-hybridized carbons (Fsp3) is 0.300. The molecule has 3 aliphatic heterocycles. The number of benzene rings is 3. The molecule has 0 saturated carbocycles. The standard InChI is InChI=1S/C30H25N3O5/c1-29-24(34)15-30(38-29,11-13-37-19-7-8-22-17(14-19)10-12-32-22)26-25(29)27(35)33(28(26)36)23-9-6-18(16-31)20-4-2-3-5-21(20)23/h2-10,12,14,24-26,32,34H,11,13,15H2,1H3. The number of aliphatic hydroxyl groups is 1. The van der Waals surface area contributed by atoms with E-state index in [4.69, 9.17) is 9.47 Å². The predicted molar refractivity (Wildman–Crippen MR) is 139 cm³/mol. The Morgan fingerprint density at radius 3 is 2.71 bits per heavy atom. The summed E-state index contributed by atoms with van der Waals surface area (Å²) in [6.45, 7) is 2.00. The minimum Gasteiger partial charge on any atom is -0.493 e. The van der Waals surface area contributed by atoms with Gasteiger partial charge in [-0.1, -0.05) is 24.3 Å². The summed E-state index contributed by atoms with van der Waals surface area (Å²) in [6, 6.07) is 20.5. The second kappa shape index (κ2) is 7.90. The molecule has 3 saturated heterocycles. The van der Waals surface area contributed by atoms with Crippen molar-refractivity contribution in [3.05, 3.63) is 72.4 Å². The molecule has 2 amide bonds. The molecule has 0 spiro atoms. The van der Waals surface area contributed by atoms with E-state index in [2.05, 4.69) is 11.1 Å². The maximum atomic E-state index is 14.0. The summed E-state index contributed by atoms with van der Waals surface area (Å²) in [7, 11) is 0. The van der Waals surface area contributed by atoms with Gasteiger partial charge in [0.05, 0.1) is 47.5 Å². The molecule has 2 N–H and O–H groups in total. The second-order valence-electron chi connectivity index (χ2n) is 10.7. The van der Waals surface area contributed by atoms with Gasteiger partial charge in [-0.25, -0.2) is 4.90 Å². The first-order chi connectivity index (χ1) is 18.4. The average Bonchev–Trinajstić information content (AvgIpc) is 3.62. The van der Waals surface area contributed by atoms with Crippen LogP contribution in [0.4, 0.5) is 5.69 Å². The molecule has 5 atom stereocenters. The first kappa shape index (κ1) is 23.0. The van der Waals surface area contributed by atoms with E-state index in [0.29, 0.717) is 34.2 Å². The molecular formula is C30H25N3O5. The number of imide groups is 1. The van der Waals surface area contributed by atoms with Gasteiger partial charge in [0.25, 0.3) is 0 Å². The number of nitrogens with one attached hydrogen (secondary N) is 1. The van der Waals surface area contributed by atoms with E-state index in [9.17, 15) is 20.0 Å². The van der Waals surface area contributed by atoms with E-state index in [1.165, 1.54) is 4.90 Å². The minimum atomic E-state index is -1.17. The highest BCUT2D eigenvalue weighted by atomic mass is 16.6. The average molecular weight is 508 g/mol. The van der Waals surface area contributed by atoms with Gasteiger partial charge in [0.1, 0.15) is 11.4 Å². The number of nitrogens with zero attached hydrogens (tertiary/aromatic N) is 2. The highest BCUT2D eigenvalue weighted by molar-refractivity contribution is 6.26. The predicted octanol–water partition coefficient (Wildman–Crippen LogP) is 4.06. The van der Waals surface area contributed by atoms with Crippen LogP contribution in [0.1, 0.15) is 25.3 Å². The van der Waals surface area contributed by atoms with Gasteiger partial charge >= 0.3 is 0 Å². The van der Waals surface area contributed by atoms with E-state index in [0.717, 1.165) is 10.9 Å². The number of rotatable bonds is 5. The summed E-state index contributed by atoms with van der Waals surface area (Å²) in [5, 5.41) is 22.9. The van der Waals surface area contributed by atoms with Crippen molar-refractivity contribution in [1.82, 2.24) is 4.98 Å². The first-order valence-electron chi connectivity index (χ1n) is 12.7. The number of carbonyl (C=O) groups is 2. The van der Waals surface area contributed by atoms with Crippen molar-refractivity contribution < 1.29 is 24.2 Å². The van der Waals surface area contributed by atoms with Crippen LogP contribution in [0.15, 0.2) is 66.9 Å². The zero-order valence-corrected chi connectivity index (χ0v) is 20.7. The summed E-state index contributed by atoms with van der Waals surface area (Å²) in [6.07, 6.45) is 1.60. The molecular weight excluding hydrogens is 482 g/mol. The van der Waals surface area contributed by atoms with Gasteiger partial charge in [-0.05, 0) is 43.3 Å². The van der Waals surface area contributed by atoms with Crippen molar-refractivity contribution in [2.75, 3.05) is 11.5 Å². The molecule has 8 heteroatoms. The number of aromatic nitrogens is 1. The molecule has 38 heavy (non-hydrogen) atoms. The number of amides is 2. The van der Waals surface area contributed by atoms with Gasteiger partial charge in [0.15, 0.2) is 0 Å². The SMILES string of the molecule is CC12OC(CCOc3ccc4[nH]ccc4c3)(CC1O)C1C(=O)N(c3ccc(C#N)c4ccccc34)C(=O)C12. The van der Waals surface area contributed by atoms with Crippen LogP contribution in [0.2, 0.25) is 0 Å². The molecule has 0 aliphatic carbocycles. The Balaban J connectivity index is 1.22. The number of H-pyrrole nitrogens is 1. The number of aliphatic hydroxyl groups excluding tert-OH is 1. The second-order valence-corrected chi connectivity index (χ2v) is 10.7. The smallest absolute Gasteiger partial charge is 0.240 e. The van der Waals surface area contributed by atoms with Crippen molar-refractivity contribution in [1.29, 1.82) is 5.26 Å². The molecule has 190 valence electrons. The van der Waals surface area contributed by atoms with Gasteiger partial charge in [-0.3, -0.25) is 9.59 Å². The third kappa shape index (κ3) is 2.97. The van der Waals surface area contributed by atoms with Crippen molar-refractivity contribution in [3.8, 4) is 11.8 Å². The summed E-state index contributed by atoms with van der Waals surface area (Å²) < 4.78 is 12.5. The number of hydrogen-bond acceptors (Lipinski definition) is 6. The highest BCUT2D eigenvalue weighted by Crippen LogP contribution is 2.62. The molecule has 4 heterocycles. The Hall–Kier alpha value is -4.19. The van der Waals surface area contributed by atoms with Crippen LogP contribution in [-0.2, 0) is 14.3 Å². The van der Waals surface area contributed by atoms with Gasteiger partial charge in [-0.2, -0.15) is 5.26 Å². The summed E-state index contributed by atoms with van der Waals surface area (Å²) in [4.78, 5) is 32.3. The molecule has 2 bridgehead atoms. The van der Waals surface area contributed by atoms with Crippen LogP contribution in [0.3, 0.4) is 0 Å². The minimum absolute atomic E-state index is 0.256. The Morgan fingerprint density at radius 1 is 1.11 bits per heavy atom. The van der Waals surface area contributed by atoms with Crippen molar-refractivity contribution in [3.63, 3.8) is 0 Å². The lowest BCUT2D eigenvalue weighted by Crippen LogP contribution is -2.49. The molecule has 4 aromatic rings. The first-order valence-corrected chi connectivity index (χ1v) is 12.7. The molecule has 5 unspecified atom stereocenters. The van der Waals surface area contributed by atoms with Gasteiger partial charge in [0, 0.05) is 40.7 Å². The van der Waals surface area contributed by atoms with Gasteiger partial charge < -0.3 is 19.6 Å². The Bertz CT molecular complexity index is 1690. The third-order valence-electron chi connectivity index (χ3n) is 8.70. The van der Waals surface area contributed by atoms with E-state index < -0.39 is 29.1 Å². The maximum Gasteiger partial charge on any atom is 0.240 e. The van der Waals surface area contributed by atoms with Crippen LogP contribution >= 0.6 is 0 Å².